The monoisotopic (exact) mass is 712 g/mol. The average Bonchev–Trinajstić information content (AvgIpc) is 3.11. The largest absolute Gasteiger partial charge is 0.395 e. The van der Waals surface area contributed by atoms with Gasteiger partial charge in [-0.15, -0.1) is 0 Å². The van der Waals surface area contributed by atoms with Gasteiger partial charge in [-0.1, -0.05) is 195 Å². The van der Waals surface area contributed by atoms with Gasteiger partial charge in [0.25, 0.3) is 0 Å². The van der Waals surface area contributed by atoms with E-state index in [1.165, 1.54) is 161 Å². The van der Waals surface area contributed by atoms with E-state index in [9.17, 15) is 10.2 Å². The zero-order valence-electron chi connectivity index (χ0n) is 34.8. The van der Waals surface area contributed by atoms with Crippen LogP contribution >= 0.6 is 0 Å². The molecule has 0 saturated carbocycles. The molecule has 0 saturated heterocycles. The Morgan fingerprint density at radius 2 is 0.800 bits per heavy atom. The Morgan fingerprint density at radius 1 is 0.420 bits per heavy atom. The maximum absolute atomic E-state index is 10.8. The lowest BCUT2D eigenvalue weighted by Gasteiger charge is -2.24. The van der Waals surface area contributed by atoms with Gasteiger partial charge in [0.2, 0.25) is 0 Å². The minimum absolute atomic E-state index is 0.104. The van der Waals surface area contributed by atoms with Crippen LogP contribution in [-0.2, 0) is 9.47 Å². The Morgan fingerprint density at radius 3 is 1.30 bits per heavy atom. The lowest BCUT2D eigenvalue weighted by Crippen LogP contribution is -2.35. The van der Waals surface area contributed by atoms with Crippen LogP contribution in [0, 0.1) is 5.92 Å². The van der Waals surface area contributed by atoms with Crippen LogP contribution in [-0.4, -0.2) is 67.0 Å². The Bertz CT molecular complexity index is 592. The highest BCUT2D eigenvalue weighted by atomic mass is 16.7. The molecule has 0 aromatic rings. The lowest BCUT2D eigenvalue weighted by molar-refractivity contribution is -0.148. The molecule has 0 fully saturated rings. The van der Waals surface area contributed by atoms with Crippen LogP contribution in [0.15, 0.2) is 0 Å². The van der Waals surface area contributed by atoms with Crippen molar-refractivity contribution >= 4 is 0 Å². The van der Waals surface area contributed by atoms with E-state index in [-0.39, 0.29) is 19.0 Å². The molecule has 0 aliphatic carbocycles. The molecule has 5 heteroatoms. The van der Waals surface area contributed by atoms with Crippen molar-refractivity contribution in [3.05, 3.63) is 0 Å². The van der Waals surface area contributed by atoms with Crippen LogP contribution < -0.4 is 0 Å². The van der Waals surface area contributed by atoms with Crippen LogP contribution in [0.5, 0.6) is 0 Å². The number of nitrogens with zero attached hydrogens (tertiary/aromatic N) is 1. The highest BCUT2D eigenvalue weighted by Crippen LogP contribution is 2.24. The summed E-state index contributed by atoms with van der Waals surface area (Å²) in [6, 6.07) is 0. The van der Waals surface area contributed by atoms with Crippen molar-refractivity contribution in [3.8, 4) is 0 Å². The van der Waals surface area contributed by atoms with Gasteiger partial charge in [0, 0.05) is 26.3 Å². The zero-order valence-corrected chi connectivity index (χ0v) is 34.8. The molecule has 0 bridgehead atoms. The van der Waals surface area contributed by atoms with Crippen LogP contribution in [0.3, 0.4) is 0 Å². The first-order chi connectivity index (χ1) is 24.6. The molecule has 0 rings (SSSR count). The number of aliphatic hydroxyl groups excluding tert-OH is 2. The molecule has 0 radical (unpaired) electrons. The molecule has 2 N–H and O–H groups in total. The molecule has 0 aliphatic rings. The van der Waals surface area contributed by atoms with Crippen molar-refractivity contribution in [1.82, 2.24) is 4.90 Å². The number of unbranched alkanes of at least 4 members (excludes halogenated alkanes) is 21. The number of rotatable bonds is 43. The summed E-state index contributed by atoms with van der Waals surface area (Å²) < 4.78 is 12.4. The molecule has 5 nitrogen and oxygen atoms in total. The van der Waals surface area contributed by atoms with Gasteiger partial charge in [0.05, 0.1) is 12.7 Å². The summed E-state index contributed by atoms with van der Waals surface area (Å²) in [5, 5.41) is 20.5. The minimum Gasteiger partial charge on any atom is -0.395 e. The fourth-order valence-electron chi connectivity index (χ4n) is 7.38. The molecular weight excluding hydrogens is 618 g/mol. The van der Waals surface area contributed by atoms with Crippen LogP contribution in [0.2, 0.25) is 0 Å². The van der Waals surface area contributed by atoms with Crippen LogP contribution in [0.1, 0.15) is 233 Å². The Balaban J connectivity index is 4.21. The molecule has 302 valence electrons. The highest BCUT2D eigenvalue weighted by molar-refractivity contribution is 4.66. The van der Waals surface area contributed by atoms with Crippen LogP contribution in [0.4, 0.5) is 0 Å². The third-order valence-electron chi connectivity index (χ3n) is 10.7. The van der Waals surface area contributed by atoms with Gasteiger partial charge in [0.1, 0.15) is 0 Å². The fraction of sp³-hybridized carbons (Fsp3) is 1.00. The van der Waals surface area contributed by atoms with E-state index in [0.29, 0.717) is 13.1 Å². The van der Waals surface area contributed by atoms with E-state index < -0.39 is 0 Å². The fourth-order valence-corrected chi connectivity index (χ4v) is 7.38. The number of aliphatic hydroxyl groups is 2. The number of hydrogen-bond donors (Lipinski definition) is 2. The molecule has 0 amide bonds. The Labute approximate surface area is 314 Å². The standard InChI is InChI=1S/C45H93NO4/c1-5-9-13-15-22-30-40-49-45(50-41-31-23-16-14-10-6-2)36-28-27-35-44(48)42-46(38-39-47)37-29-21-19-17-18-20-26-34-43(32-24-11-7-3)33-25-12-8-4/h43-45,47-48H,5-42H2,1-4H3. The molecule has 0 aliphatic heterocycles. The van der Waals surface area contributed by atoms with Crippen molar-refractivity contribution in [3.63, 3.8) is 0 Å². The predicted molar refractivity (Wildman–Crippen MR) is 219 cm³/mol. The second-order valence-corrected chi connectivity index (χ2v) is 15.8. The first-order valence-corrected chi connectivity index (χ1v) is 22.8. The zero-order chi connectivity index (χ0) is 36.6. The third kappa shape index (κ3) is 36.2. The second-order valence-electron chi connectivity index (χ2n) is 15.8. The molecule has 0 aromatic heterocycles. The average molecular weight is 712 g/mol. The van der Waals surface area contributed by atoms with Gasteiger partial charge in [-0.25, -0.2) is 0 Å². The summed E-state index contributed by atoms with van der Waals surface area (Å²) in [6.07, 6.45) is 40.6. The van der Waals surface area contributed by atoms with Crippen molar-refractivity contribution < 1.29 is 19.7 Å². The lowest BCUT2D eigenvalue weighted by atomic mass is 9.90. The van der Waals surface area contributed by atoms with Gasteiger partial charge in [0.15, 0.2) is 6.29 Å². The maximum atomic E-state index is 10.8. The van der Waals surface area contributed by atoms with E-state index >= 15 is 0 Å². The van der Waals surface area contributed by atoms with Gasteiger partial charge in [-0.2, -0.15) is 0 Å². The quantitative estimate of drug-likeness (QED) is 0.0487. The van der Waals surface area contributed by atoms with E-state index in [4.69, 9.17) is 9.47 Å². The second kappa shape index (κ2) is 41.6. The first-order valence-electron chi connectivity index (χ1n) is 22.8. The summed E-state index contributed by atoms with van der Waals surface area (Å²) in [6.45, 7) is 13.2. The third-order valence-corrected chi connectivity index (χ3v) is 10.7. The highest BCUT2D eigenvalue weighted by Gasteiger charge is 2.14. The summed E-state index contributed by atoms with van der Waals surface area (Å²) in [4.78, 5) is 2.28. The molecule has 0 heterocycles. The molecule has 0 aromatic carbocycles. The predicted octanol–water partition coefficient (Wildman–Crippen LogP) is 13.2. The van der Waals surface area contributed by atoms with Gasteiger partial charge < -0.3 is 19.7 Å². The topological polar surface area (TPSA) is 62.2 Å². The minimum atomic E-state index is -0.333. The Hall–Kier alpha value is -0.200. The summed E-state index contributed by atoms with van der Waals surface area (Å²) >= 11 is 0. The maximum Gasteiger partial charge on any atom is 0.157 e. The van der Waals surface area contributed by atoms with E-state index in [2.05, 4.69) is 32.6 Å². The van der Waals surface area contributed by atoms with Crippen molar-refractivity contribution in [2.75, 3.05) is 39.5 Å². The Kier molecular flexibility index (Phi) is 41.4. The van der Waals surface area contributed by atoms with Crippen molar-refractivity contribution in [2.24, 2.45) is 5.92 Å². The number of ether oxygens (including phenoxy) is 2. The van der Waals surface area contributed by atoms with Gasteiger partial charge >= 0.3 is 0 Å². The van der Waals surface area contributed by atoms with E-state index in [1.54, 1.807) is 0 Å². The summed E-state index contributed by atoms with van der Waals surface area (Å²) in [7, 11) is 0. The first kappa shape index (κ1) is 49.8. The van der Waals surface area contributed by atoms with Gasteiger partial charge in [-0.05, 0) is 51.0 Å². The summed E-state index contributed by atoms with van der Waals surface area (Å²) in [5.74, 6) is 0.973. The van der Waals surface area contributed by atoms with Gasteiger partial charge in [-0.3, -0.25) is 4.90 Å². The smallest absolute Gasteiger partial charge is 0.157 e. The van der Waals surface area contributed by atoms with Crippen LogP contribution in [0.25, 0.3) is 0 Å². The van der Waals surface area contributed by atoms with E-state index in [1.807, 2.05) is 0 Å². The van der Waals surface area contributed by atoms with Crippen molar-refractivity contribution in [1.29, 1.82) is 0 Å². The normalized spacial score (nSPS) is 12.7. The van der Waals surface area contributed by atoms with E-state index in [0.717, 1.165) is 70.6 Å². The van der Waals surface area contributed by atoms with Crippen molar-refractivity contribution in [2.45, 2.75) is 246 Å². The molecule has 1 atom stereocenters. The summed E-state index contributed by atoms with van der Waals surface area (Å²) in [5.41, 5.74) is 0. The number of hydrogen-bond acceptors (Lipinski definition) is 5. The molecule has 1 unspecified atom stereocenters. The molecule has 0 spiro atoms. The SMILES string of the molecule is CCCCCCCCOC(CCCCC(O)CN(CCO)CCCCCCCCCC(CCCCC)CCCCC)OCCCCCCCC. The molecular formula is C45H93NO4. The molecule has 50 heavy (non-hydrogen) atoms.